The first-order valence-corrected chi connectivity index (χ1v) is 10.3. The van der Waals surface area contributed by atoms with E-state index in [1.807, 2.05) is 0 Å². The van der Waals surface area contributed by atoms with Crippen LogP contribution in [0.4, 0.5) is 13.2 Å². The Morgan fingerprint density at radius 1 is 1.23 bits per heavy atom. The summed E-state index contributed by atoms with van der Waals surface area (Å²) in [7, 11) is 0. The second kappa shape index (κ2) is 8.37. The maximum atomic E-state index is 13.0. The number of hydrogen-bond donors (Lipinski definition) is 1. The Bertz CT molecular complexity index is 983. The largest absolute Gasteiger partial charge is 0.433 e. The standard InChI is InChI=1S/C21H24F3N3O3/c22-21(23,24)18-7-6-15-17(25-18)11-16(26-20(15)29)13-4-3-8-27(12-13)19(28)10-14-5-1-2-9-30-14/h6-7,11,13-14H,1-5,8-10,12H2,(H,26,29)/t13-,14+/m1/s1. The van der Waals surface area contributed by atoms with Crippen molar-refractivity contribution in [1.29, 1.82) is 0 Å². The molecule has 2 aliphatic heterocycles. The summed E-state index contributed by atoms with van der Waals surface area (Å²) in [6.45, 7) is 1.74. The fourth-order valence-electron chi connectivity index (χ4n) is 4.29. The number of rotatable bonds is 3. The van der Waals surface area contributed by atoms with Crippen LogP contribution >= 0.6 is 0 Å². The van der Waals surface area contributed by atoms with E-state index >= 15 is 0 Å². The average molecular weight is 423 g/mol. The van der Waals surface area contributed by atoms with Crippen molar-refractivity contribution in [2.75, 3.05) is 19.7 Å². The second-order valence-corrected chi connectivity index (χ2v) is 8.05. The van der Waals surface area contributed by atoms with Crippen LogP contribution < -0.4 is 5.56 Å². The molecule has 0 aliphatic carbocycles. The number of fused-ring (bicyclic) bond motifs is 1. The van der Waals surface area contributed by atoms with Gasteiger partial charge in [-0.25, -0.2) is 4.98 Å². The van der Waals surface area contributed by atoms with Crippen LogP contribution in [0.25, 0.3) is 10.9 Å². The molecule has 9 heteroatoms. The first-order valence-electron chi connectivity index (χ1n) is 10.3. The number of carbonyl (C=O) groups is 1. The minimum atomic E-state index is -4.58. The van der Waals surface area contributed by atoms with Gasteiger partial charge in [-0.1, -0.05) is 0 Å². The fraction of sp³-hybridized carbons (Fsp3) is 0.571. The number of halogens is 3. The Kier molecular flexibility index (Phi) is 5.81. The molecule has 2 aliphatic rings. The molecule has 1 amide bonds. The van der Waals surface area contributed by atoms with Crippen molar-refractivity contribution in [1.82, 2.24) is 14.9 Å². The molecule has 0 spiro atoms. The predicted molar refractivity (Wildman–Crippen MR) is 104 cm³/mol. The summed E-state index contributed by atoms with van der Waals surface area (Å²) in [5, 5.41) is 0.116. The van der Waals surface area contributed by atoms with Crippen LogP contribution in [-0.4, -0.2) is 46.6 Å². The van der Waals surface area contributed by atoms with Gasteiger partial charge in [0.15, 0.2) is 0 Å². The van der Waals surface area contributed by atoms with Gasteiger partial charge < -0.3 is 14.6 Å². The first kappa shape index (κ1) is 20.8. The van der Waals surface area contributed by atoms with Gasteiger partial charge in [0.25, 0.3) is 5.56 Å². The highest BCUT2D eigenvalue weighted by Gasteiger charge is 2.33. The number of ether oxygens (including phenoxy) is 1. The van der Waals surface area contributed by atoms with Crippen LogP contribution in [0.15, 0.2) is 23.0 Å². The lowest BCUT2D eigenvalue weighted by atomic mass is 9.93. The maximum Gasteiger partial charge on any atom is 0.433 e. The van der Waals surface area contributed by atoms with E-state index in [2.05, 4.69) is 9.97 Å². The van der Waals surface area contributed by atoms with Crippen LogP contribution in [0.1, 0.15) is 55.8 Å². The van der Waals surface area contributed by atoms with Gasteiger partial charge in [-0.05, 0) is 50.3 Å². The third-order valence-corrected chi connectivity index (χ3v) is 5.90. The van der Waals surface area contributed by atoms with E-state index in [0.29, 0.717) is 31.8 Å². The molecule has 162 valence electrons. The van der Waals surface area contributed by atoms with Gasteiger partial charge in [-0.15, -0.1) is 0 Å². The molecule has 4 rings (SSSR count). The van der Waals surface area contributed by atoms with Crippen LogP contribution in [0, 0.1) is 0 Å². The monoisotopic (exact) mass is 423 g/mol. The number of nitrogens with zero attached hydrogens (tertiary/aromatic N) is 2. The molecule has 4 heterocycles. The molecule has 2 aromatic heterocycles. The number of aromatic amines is 1. The number of likely N-dealkylation sites (tertiary alicyclic amines) is 1. The van der Waals surface area contributed by atoms with Crippen molar-refractivity contribution in [2.24, 2.45) is 0 Å². The predicted octanol–water partition coefficient (Wildman–Crippen LogP) is 3.61. The summed E-state index contributed by atoms with van der Waals surface area (Å²) in [6, 6.07) is 3.47. The van der Waals surface area contributed by atoms with Crippen LogP contribution in [0.5, 0.6) is 0 Å². The minimum absolute atomic E-state index is 0.0163. The van der Waals surface area contributed by atoms with Gasteiger partial charge in [0.2, 0.25) is 5.91 Å². The van der Waals surface area contributed by atoms with E-state index in [1.165, 1.54) is 6.07 Å². The Hall–Kier alpha value is -2.42. The molecular formula is C21H24F3N3O3. The molecule has 2 fully saturated rings. The van der Waals surface area contributed by atoms with Gasteiger partial charge in [-0.2, -0.15) is 13.2 Å². The van der Waals surface area contributed by atoms with Gasteiger partial charge in [-0.3, -0.25) is 9.59 Å². The van der Waals surface area contributed by atoms with Crippen LogP contribution in [0.2, 0.25) is 0 Å². The Morgan fingerprint density at radius 3 is 2.80 bits per heavy atom. The van der Waals surface area contributed by atoms with Crippen LogP contribution in [-0.2, 0) is 15.7 Å². The number of amides is 1. The third-order valence-electron chi connectivity index (χ3n) is 5.90. The number of piperidine rings is 1. The zero-order valence-electron chi connectivity index (χ0n) is 16.5. The van der Waals surface area contributed by atoms with Crippen LogP contribution in [0.3, 0.4) is 0 Å². The van der Waals surface area contributed by atoms with Gasteiger partial charge >= 0.3 is 6.18 Å². The Balaban J connectivity index is 1.53. The lowest BCUT2D eigenvalue weighted by molar-refractivity contribution is -0.141. The molecule has 2 atom stereocenters. The summed E-state index contributed by atoms with van der Waals surface area (Å²) in [5.74, 6) is -0.129. The highest BCUT2D eigenvalue weighted by molar-refractivity contribution is 5.78. The van der Waals surface area contributed by atoms with Crippen molar-refractivity contribution in [3.63, 3.8) is 0 Å². The number of pyridine rings is 2. The number of aromatic nitrogens is 2. The number of nitrogens with one attached hydrogen (secondary N) is 1. The fourth-order valence-corrected chi connectivity index (χ4v) is 4.29. The molecule has 6 nitrogen and oxygen atoms in total. The van der Waals surface area contributed by atoms with Gasteiger partial charge in [0.05, 0.1) is 23.4 Å². The lowest BCUT2D eigenvalue weighted by Gasteiger charge is -2.34. The number of H-pyrrole nitrogens is 1. The molecule has 0 unspecified atom stereocenters. The molecule has 0 saturated carbocycles. The van der Waals surface area contributed by atoms with E-state index in [9.17, 15) is 22.8 Å². The molecular weight excluding hydrogens is 399 g/mol. The molecule has 30 heavy (non-hydrogen) atoms. The topological polar surface area (TPSA) is 75.3 Å². The van der Waals surface area contributed by atoms with Gasteiger partial charge in [0.1, 0.15) is 5.69 Å². The van der Waals surface area contributed by atoms with Crippen molar-refractivity contribution < 1.29 is 22.7 Å². The van der Waals surface area contributed by atoms with Crippen molar-refractivity contribution in [2.45, 2.75) is 56.7 Å². The van der Waals surface area contributed by atoms with E-state index in [-0.39, 0.29) is 28.8 Å². The normalized spacial score (nSPS) is 23.0. The SMILES string of the molecule is O=C(C[C@@H]1CCCCO1)N1CCC[C@@H](c2cc3nc(C(F)(F)F)ccc3c(=O)[nH]2)C1. The quantitative estimate of drug-likeness (QED) is 0.819. The lowest BCUT2D eigenvalue weighted by Crippen LogP contribution is -2.41. The molecule has 2 aromatic rings. The summed E-state index contributed by atoms with van der Waals surface area (Å²) in [4.78, 5) is 33.3. The molecule has 1 N–H and O–H groups in total. The maximum absolute atomic E-state index is 13.0. The number of alkyl halides is 3. The smallest absolute Gasteiger partial charge is 0.378 e. The highest BCUT2D eigenvalue weighted by atomic mass is 19.4. The Morgan fingerprint density at radius 2 is 2.07 bits per heavy atom. The number of hydrogen-bond acceptors (Lipinski definition) is 4. The van der Waals surface area contributed by atoms with E-state index in [1.54, 1.807) is 4.90 Å². The number of carbonyl (C=O) groups excluding carboxylic acids is 1. The third kappa shape index (κ3) is 4.50. The molecule has 0 bridgehead atoms. The summed E-state index contributed by atoms with van der Waals surface area (Å²) in [6.07, 6.45) is 0.193. The van der Waals surface area contributed by atoms with Crippen molar-refractivity contribution in [3.05, 3.63) is 39.9 Å². The van der Waals surface area contributed by atoms with E-state index < -0.39 is 17.4 Å². The Labute approximate surface area is 171 Å². The van der Waals surface area contributed by atoms with E-state index in [4.69, 9.17) is 4.74 Å². The minimum Gasteiger partial charge on any atom is -0.378 e. The molecule has 2 saturated heterocycles. The van der Waals surface area contributed by atoms with E-state index in [0.717, 1.165) is 44.2 Å². The highest BCUT2D eigenvalue weighted by Crippen LogP contribution is 2.30. The second-order valence-electron chi connectivity index (χ2n) is 8.05. The molecule has 0 radical (unpaired) electrons. The first-order chi connectivity index (χ1) is 14.3. The molecule has 0 aromatic carbocycles. The zero-order chi connectivity index (χ0) is 21.3. The van der Waals surface area contributed by atoms with Crippen molar-refractivity contribution >= 4 is 16.8 Å². The van der Waals surface area contributed by atoms with Gasteiger partial charge in [0, 0.05) is 31.3 Å². The van der Waals surface area contributed by atoms with Crippen molar-refractivity contribution in [3.8, 4) is 0 Å². The average Bonchev–Trinajstić information content (AvgIpc) is 2.73. The summed E-state index contributed by atoms with van der Waals surface area (Å²) < 4.78 is 44.7. The summed E-state index contributed by atoms with van der Waals surface area (Å²) >= 11 is 0. The summed E-state index contributed by atoms with van der Waals surface area (Å²) in [5.41, 5.74) is -0.962. The zero-order valence-corrected chi connectivity index (χ0v) is 16.5.